The third-order valence-electron chi connectivity index (χ3n) is 2.43. The molecule has 0 N–H and O–H groups in total. The second-order valence-corrected chi connectivity index (χ2v) is 4.44. The van der Waals surface area contributed by atoms with Crippen LogP contribution in [0.15, 0.2) is 0 Å². The van der Waals surface area contributed by atoms with E-state index in [-0.39, 0.29) is 18.9 Å². The molecule has 18 heavy (non-hydrogen) atoms. The first-order valence-corrected chi connectivity index (χ1v) is 5.60. The van der Waals surface area contributed by atoms with Gasteiger partial charge in [0.1, 0.15) is 6.61 Å². The third-order valence-corrected chi connectivity index (χ3v) is 2.43. The summed E-state index contributed by atoms with van der Waals surface area (Å²) in [6.07, 6.45) is 0.180. The number of carbonyl (C=O) groups is 3. The summed E-state index contributed by atoms with van der Waals surface area (Å²) in [6.45, 7) is 4.51. The highest BCUT2D eigenvalue weighted by Gasteiger charge is 2.50. The Labute approximate surface area is 107 Å². The van der Waals surface area contributed by atoms with E-state index in [1.165, 1.54) is 21.1 Å². The van der Waals surface area contributed by atoms with Gasteiger partial charge in [0.2, 0.25) is 0 Å². The first-order chi connectivity index (χ1) is 8.30. The molecule has 0 spiro atoms. The summed E-state index contributed by atoms with van der Waals surface area (Å²) in [5.41, 5.74) is -1.59. The van der Waals surface area contributed by atoms with Crippen molar-refractivity contribution in [2.75, 3.05) is 20.8 Å². The second kappa shape index (κ2) is 6.98. The van der Waals surface area contributed by atoms with Gasteiger partial charge < -0.3 is 14.2 Å². The number of methoxy groups -OCH3 is 2. The van der Waals surface area contributed by atoms with Crippen molar-refractivity contribution in [2.24, 2.45) is 11.3 Å². The smallest absolute Gasteiger partial charge is 0.326 e. The van der Waals surface area contributed by atoms with Crippen LogP contribution in [-0.2, 0) is 28.6 Å². The SMILES string of the molecule is COC(=O)C(COC(C)=O)(CC(C)C)C(=O)OC. The van der Waals surface area contributed by atoms with E-state index >= 15 is 0 Å². The molecule has 6 nitrogen and oxygen atoms in total. The zero-order valence-electron chi connectivity index (χ0n) is 11.4. The molecule has 0 aromatic carbocycles. The molecule has 6 heteroatoms. The van der Waals surface area contributed by atoms with Crippen LogP contribution in [0.1, 0.15) is 27.2 Å². The van der Waals surface area contributed by atoms with E-state index in [0.717, 1.165) is 0 Å². The maximum atomic E-state index is 11.9. The molecule has 0 saturated carbocycles. The summed E-state index contributed by atoms with van der Waals surface area (Å²) in [7, 11) is 2.35. The number of esters is 3. The molecule has 0 aliphatic rings. The molecule has 0 radical (unpaired) electrons. The molecule has 0 saturated heterocycles. The summed E-state index contributed by atoms with van der Waals surface area (Å²) < 4.78 is 14.1. The molecule has 104 valence electrons. The highest BCUT2D eigenvalue weighted by atomic mass is 16.6. The maximum Gasteiger partial charge on any atom is 0.326 e. The average molecular weight is 260 g/mol. The van der Waals surface area contributed by atoms with E-state index in [2.05, 4.69) is 9.47 Å². The van der Waals surface area contributed by atoms with Gasteiger partial charge in [-0.25, -0.2) is 0 Å². The largest absolute Gasteiger partial charge is 0.468 e. The number of hydrogen-bond acceptors (Lipinski definition) is 6. The molecule has 0 aromatic rings. The fraction of sp³-hybridized carbons (Fsp3) is 0.750. The van der Waals surface area contributed by atoms with E-state index < -0.39 is 23.3 Å². The van der Waals surface area contributed by atoms with Gasteiger partial charge >= 0.3 is 17.9 Å². The topological polar surface area (TPSA) is 78.9 Å². The van der Waals surface area contributed by atoms with Gasteiger partial charge in [-0.1, -0.05) is 13.8 Å². The Bertz CT molecular complexity index is 305. The van der Waals surface area contributed by atoms with Crippen molar-refractivity contribution in [3.63, 3.8) is 0 Å². The van der Waals surface area contributed by atoms with Crippen molar-refractivity contribution >= 4 is 17.9 Å². The number of hydrogen-bond donors (Lipinski definition) is 0. The monoisotopic (exact) mass is 260 g/mol. The molecule has 0 unspecified atom stereocenters. The molecular formula is C12H20O6. The molecule has 0 amide bonds. The zero-order chi connectivity index (χ0) is 14.3. The highest BCUT2D eigenvalue weighted by molar-refractivity contribution is 6.00. The number of carbonyl (C=O) groups excluding carboxylic acids is 3. The van der Waals surface area contributed by atoms with E-state index in [9.17, 15) is 14.4 Å². The fourth-order valence-electron chi connectivity index (χ4n) is 1.74. The first-order valence-electron chi connectivity index (χ1n) is 5.60. The van der Waals surface area contributed by atoms with Crippen LogP contribution in [0.2, 0.25) is 0 Å². The molecule has 0 rings (SSSR count). The van der Waals surface area contributed by atoms with Crippen LogP contribution in [0.3, 0.4) is 0 Å². The predicted octanol–water partition coefficient (Wildman–Crippen LogP) is 0.928. The maximum absolute atomic E-state index is 11.9. The van der Waals surface area contributed by atoms with Gasteiger partial charge in [-0.05, 0) is 12.3 Å². The van der Waals surface area contributed by atoms with Gasteiger partial charge in [0.15, 0.2) is 5.41 Å². The van der Waals surface area contributed by atoms with Crippen LogP contribution in [-0.4, -0.2) is 38.7 Å². The lowest BCUT2D eigenvalue weighted by Crippen LogP contribution is -2.46. The lowest BCUT2D eigenvalue weighted by Gasteiger charge is -2.28. The average Bonchev–Trinajstić information content (AvgIpc) is 2.31. The van der Waals surface area contributed by atoms with E-state index in [0.29, 0.717) is 0 Å². The normalized spacial score (nSPS) is 11.0. The second-order valence-electron chi connectivity index (χ2n) is 4.44. The van der Waals surface area contributed by atoms with Crippen LogP contribution in [0.25, 0.3) is 0 Å². The fourth-order valence-corrected chi connectivity index (χ4v) is 1.74. The Kier molecular flexibility index (Phi) is 6.36. The third kappa shape index (κ3) is 4.01. The molecule has 0 aromatic heterocycles. The summed E-state index contributed by atoms with van der Waals surface area (Å²) in [5.74, 6) is -2.07. The van der Waals surface area contributed by atoms with E-state index in [4.69, 9.17) is 4.74 Å². The number of rotatable bonds is 6. The Morgan fingerprint density at radius 2 is 1.50 bits per heavy atom. The van der Waals surface area contributed by atoms with Crippen molar-refractivity contribution < 1.29 is 28.6 Å². The molecule has 0 fully saturated rings. The minimum absolute atomic E-state index is 0.0266. The van der Waals surface area contributed by atoms with Crippen molar-refractivity contribution in [3.8, 4) is 0 Å². The molecule has 0 bridgehead atoms. The summed E-state index contributed by atoms with van der Waals surface area (Å²) in [6, 6.07) is 0. The van der Waals surface area contributed by atoms with Crippen LogP contribution in [0.4, 0.5) is 0 Å². The van der Waals surface area contributed by atoms with Gasteiger partial charge in [-0.15, -0.1) is 0 Å². The lowest BCUT2D eigenvalue weighted by atomic mass is 9.80. The van der Waals surface area contributed by atoms with Gasteiger partial charge in [-0.2, -0.15) is 0 Å². The molecular weight excluding hydrogens is 240 g/mol. The Balaban J connectivity index is 5.31. The highest BCUT2D eigenvalue weighted by Crippen LogP contribution is 2.30. The summed E-state index contributed by atoms with van der Waals surface area (Å²) in [4.78, 5) is 34.6. The zero-order valence-corrected chi connectivity index (χ0v) is 11.4. The molecule has 0 heterocycles. The summed E-state index contributed by atoms with van der Waals surface area (Å²) >= 11 is 0. The van der Waals surface area contributed by atoms with Crippen molar-refractivity contribution in [1.29, 1.82) is 0 Å². The number of ether oxygens (including phenoxy) is 3. The van der Waals surface area contributed by atoms with Gasteiger partial charge in [0, 0.05) is 6.92 Å². The standard InChI is InChI=1S/C12H20O6/c1-8(2)6-12(10(14)16-4,11(15)17-5)7-18-9(3)13/h8H,6-7H2,1-5H3. The van der Waals surface area contributed by atoms with Gasteiger partial charge in [-0.3, -0.25) is 14.4 Å². The van der Waals surface area contributed by atoms with E-state index in [1.54, 1.807) is 0 Å². The van der Waals surface area contributed by atoms with Crippen molar-refractivity contribution in [3.05, 3.63) is 0 Å². The Morgan fingerprint density at radius 1 is 1.06 bits per heavy atom. The minimum atomic E-state index is -1.59. The lowest BCUT2D eigenvalue weighted by molar-refractivity contribution is -0.177. The minimum Gasteiger partial charge on any atom is -0.468 e. The van der Waals surface area contributed by atoms with Crippen molar-refractivity contribution in [1.82, 2.24) is 0 Å². The molecule has 0 atom stereocenters. The predicted molar refractivity (Wildman–Crippen MR) is 62.6 cm³/mol. The van der Waals surface area contributed by atoms with Crippen LogP contribution >= 0.6 is 0 Å². The van der Waals surface area contributed by atoms with Crippen molar-refractivity contribution in [2.45, 2.75) is 27.2 Å². The van der Waals surface area contributed by atoms with Crippen LogP contribution in [0, 0.1) is 11.3 Å². The van der Waals surface area contributed by atoms with Crippen LogP contribution in [0.5, 0.6) is 0 Å². The molecule has 0 aliphatic carbocycles. The van der Waals surface area contributed by atoms with E-state index in [1.807, 2.05) is 13.8 Å². The quantitative estimate of drug-likeness (QED) is 0.401. The van der Waals surface area contributed by atoms with Gasteiger partial charge in [0.05, 0.1) is 14.2 Å². The molecule has 0 aliphatic heterocycles. The Hall–Kier alpha value is -1.59. The summed E-state index contributed by atoms with van der Waals surface area (Å²) in [5, 5.41) is 0. The first kappa shape index (κ1) is 16.4. The Morgan fingerprint density at radius 3 is 1.78 bits per heavy atom. The van der Waals surface area contributed by atoms with Gasteiger partial charge in [0.25, 0.3) is 0 Å². The van der Waals surface area contributed by atoms with Crippen LogP contribution < -0.4 is 0 Å².